The van der Waals surface area contributed by atoms with E-state index in [1.807, 2.05) is 0 Å². The third kappa shape index (κ3) is 2.44. The van der Waals surface area contributed by atoms with Gasteiger partial charge in [0, 0.05) is 19.1 Å². The highest BCUT2D eigenvalue weighted by molar-refractivity contribution is 5.27. The molecule has 0 aliphatic carbocycles. The molecule has 0 amide bonds. The predicted molar refractivity (Wildman–Crippen MR) is 80.2 cm³/mol. The molecule has 2 aliphatic heterocycles. The number of benzene rings is 1. The molecular formula is C17H26N2. The van der Waals surface area contributed by atoms with Gasteiger partial charge in [-0.05, 0) is 48.9 Å². The molecule has 0 radical (unpaired) electrons. The fraction of sp³-hybridized carbons (Fsp3) is 0.647. The van der Waals surface area contributed by atoms with Crippen molar-refractivity contribution in [1.29, 1.82) is 0 Å². The van der Waals surface area contributed by atoms with Gasteiger partial charge in [0.1, 0.15) is 0 Å². The van der Waals surface area contributed by atoms with Gasteiger partial charge in [0.2, 0.25) is 0 Å². The fourth-order valence-electron chi connectivity index (χ4n) is 4.13. The zero-order valence-electron chi connectivity index (χ0n) is 12.2. The molecular weight excluding hydrogens is 232 g/mol. The van der Waals surface area contributed by atoms with E-state index in [0.29, 0.717) is 0 Å². The van der Waals surface area contributed by atoms with E-state index in [1.54, 1.807) is 0 Å². The highest BCUT2D eigenvalue weighted by atomic mass is 15.2. The quantitative estimate of drug-likeness (QED) is 0.893. The predicted octanol–water partition coefficient (Wildman–Crippen LogP) is 2.68. The lowest BCUT2D eigenvalue weighted by atomic mass is 9.93. The van der Waals surface area contributed by atoms with Crippen molar-refractivity contribution in [2.24, 2.45) is 11.8 Å². The van der Waals surface area contributed by atoms with Crippen LogP contribution in [0.2, 0.25) is 0 Å². The molecule has 2 fully saturated rings. The topological polar surface area (TPSA) is 15.3 Å². The smallest absolute Gasteiger partial charge is 0.0239 e. The Bertz CT molecular complexity index is 429. The molecule has 2 heterocycles. The molecule has 19 heavy (non-hydrogen) atoms. The van der Waals surface area contributed by atoms with Gasteiger partial charge >= 0.3 is 0 Å². The van der Waals surface area contributed by atoms with Gasteiger partial charge in [0.05, 0.1) is 0 Å². The summed E-state index contributed by atoms with van der Waals surface area (Å²) in [4.78, 5) is 2.74. The van der Waals surface area contributed by atoms with E-state index in [0.717, 1.165) is 30.8 Å². The minimum atomic E-state index is 0.782. The van der Waals surface area contributed by atoms with Crippen LogP contribution in [0.25, 0.3) is 0 Å². The zero-order valence-corrected chi connectivity index (χ0v) is 12.2. The molecule has 1 N–H and O–H groups in total. The lowest BCUT2D eigenvalue weighted by Crippen LogP contribution is -2.34. The van der Waals surface area contributed by atoms with Crippen LogP contribution in [0, 0.1) is 11.8 Å². The monoisotopic (exact) mass is 258 g/mol. The summed E-state index contributed by atoms with van der Waals surface area (Å²) in [7, 11) is 0. The Morgan fingerprint density at radius 1 is 1.16 bits per heavy atom. The number of nitrogens with zero attached hydrogens (tertiary/aromatic N) is 1. The summed E-state index contributed by atoms with van der Waals surface area (Å²) >= 11 is 0. The van der Waals surface area contributed by atoms with E-state index >= 15 is 0 Å². The van der Waals surface area contributed by atoms with Crippen molar-refractivity contribution in [2.45, 2.75) is 39.3 Å². The van der Waals surface area contributed by atoms with Crippen LogP contribution < -0.4 is 5.32 Å². The number of likely N-dealkylation sites (tertiary alicyclic amines) is 1. The van der Waals surface area contributed by atoms with Crippen molar-refractivity contribution in [1.82, 2.24) is 10.2 Å². The average molecular weight is 258 g/mol. The van der Waals surface area contributed by atoms with E-state index in [2.05, 4.69) is 48.3 Å². The summed E-state index contributed by atoms with van der Waals surface area (Å²) in [5.74, 6) is 1.78. The Balaban J connectivity index is 1.76. The van der Waals surface area contributed by atoms with E-state index in [1.165, 1.54) is 37.2 Å². The standard InChI is InChI=1S/C17H26N2/c1-3-13-7-5-6-8-14(13)11-19-12-15-9-18-10-16(15)17(19)4-2/h5-8,15-18H,3-4,9-12H2,1-2H3. The van der Waals surface area contributed by atoms with Gasteiger partial charge < -0.3 is 5.32 Å². The average Bonchev–Trinajstić information content (AvgIpc) is 2.99. The molecule has 3 unspecified atom stereocenters. The van der Waals surface area contributed by atoms with Crippen LogP contribution in [-0.2, 0) is 13.0 Å². The first kappa shape index (κ1) is 13.1. The Hall–Kier alpha value is -0.860. The van der Waals surface area contributed by atoms with Crippen molar-refractivity contribution in [3.63, 3.8) is 0 Å². The molecule has 2 saturated heterocycles. The van der Waals surface area contributed by atoms with Crippen molar-refractivity contribution < 1.29 is 0 Å². The van der Waals surface area contributed by atoms with E-state index in [4.69, 9.17) is 0 Å². The van der Waals surface area contributed by atoms with Gasteiger partial charge in [-0.1, -0.05) is 38.1 Å². The molecule has 2 heteroatoms. The van der Waals surface area contributed by atoms with E-state index < -0.39 is 0 Å². The zero-order chi connectivity index (χ0) is 13.2. The molecule has 1 aromatic rings. The van der Waals surface area contributed by atoms with Gasteiger partial charge in [-0.25, -0.2) is 0 Å². The first-order chi connectivity index (χ1) is 9.33. The Labute approximate surface area is 117 Å². The fourth-order valence-corrected chi connectivity index (χ4v) is 4.13. The Kier molecular flexibility index (Phi) is 3.90. The third-order valence-corrected chi connectivity index (χ3v) is 5.12. The minimum Gasteiger partial charge on any atom is -0.316 e. The normalized spacial score (nSPS) is 30.7. The summed E-state index contributed by atoms with van der Waals surface area (Å²) in [6.07, 6.45) is 2.44. The highest BCUT2D eigenvalue weighted by Crippen LogP contribution is 2.35. The lowest BCUT2D eigenvalue weighted by Gasteiger charge is -2.27. The maximum atomic E-state index is 3.57. The summed E-state index contributed by atoms with van der Waals surface area (Å²) in [5, 5.41) is 3.57. The molecule has 2 nitrogen and oxygen atoms in total. The van der Waals surface area contributed by atoms with Crippen molar-refractivity contribution in [3.8, 4) is 0 Å². The van der Waals surface area contributed by atoms with Crippen LogP contribution in [-0.4, -0.2) is 30.6 Å². The summed E-state index contributed by atoms with van der Waals surface area (Å²) in [6, 6.07) is 9.74. The third-order valence-electron chi connectivity index (χ3n) is 5.12. The number of hydrogen-bond acceptors (Lipinski definition) is 2. The Morgan fingerprint density at radius 2 is 1.95 bits per heavy atom. The largest absolute Gasteiger partial charge is 0.316 e. The van der Waals surface area contributed by atoms with Gasteiger partial charge in [-0.2, -0.15) is 0 Å². The van der Waals surface area contributed by atoms with Crippen molar-refractivity contribution >= 4 is 0 Å². The summed E-state index contributed by atoms with van der Waals surface area (Å²) in [6.45, 7) is 9.51. The number of nitrogens with one attached hydrogen (secondary N) is 1. The molecule has 0 bridgehead atoms. The highest BCUT2D eigenvalue weighted by Gasteiger charge is 2.42. The molecule has 2 aliphatic rings. The van der Waals surface area contributed by atoms with Crippen LogP contribution in [0.5, 0.6) is 0 Å². The molecule has 0 saturated carbocycles. The molecule has 0 aromatic heterocycles. The van der Waals surface area contributed by atoms with Crippen LogP contribution in [0.15, 0.2) is 24.3 Å². The minimum absolute atomic E-state index is 0.782. The maximum absolute atomic E-state index is 3.57. The second-order valence-corrected chi connectivity index (χ2v) is 6.11. The summed E-state index contributed by atoms with van der Waals surface area (Å²) in [5.41, 5.74) is 3.06. The van der Waals surface area contributed by atoms with Gasteiger partial charge in [0.15, 0.2) is 0 Å². The van der Waals surface area contributed by atoms with Crippen LogP contribution >= 0.6 is 0 Å². The number of aryl methyl sites for hydroxylation is 1. The second kappa shape index (κ2) is 5.64. The molecule has 104 valence electrons. The van der Waals surface area contributed by atoms with Crippen LogP contribution in [0.3, 0.4) is 0 Å². The van der Waals surface area contributed by atoms with Crippen LogP contribution in [0.4, 0.5) is 0 Å². The molecule has 3 atom stereocenters. The van der Waals surface area contributed by atoms with Gasteiger partial charge in [0.25, 0.3) is 0 Å². The van der Waals surface area contributed by atoms with Crippen LogP contribution in [0.1, 0.15) is 31.4 Å². The van der Waals surface area contributed by atoms with E-state index in [-0.39, 0.29) is 0 Å². The van der Waals surface area contributed by atoms with E-state index in [9.17, 15) is 0 Å². The first-order valence-electron chi connectivity index (χ1n) is 7.85. The first-order valence-corrected chi connectivity index (χ1v) is 7.85. The van der Waals surface area contributed by atoms with Gasteiger partial charge in [-0.3, -0.25) is 4.90 Å². The molecule has 0 spiro atoms. The number of hydrogen-bond donors (Lipinski definition) is 1. The number of rotatable bonds is 4. The second-order valence-electron chi connectivity index (χ2n) is 6.11. The Morgan fingerprint density at radius 3 is 2.68 bits per heavy atom. The van der Waals surface area contributed by atoms with Crippen molar-refractivity contribution in [3.05, 3.63) is 35.4 Å². The summed E-state index contributed by atoms with van der Waals surface area (Å²) < 4.78 is 0. The van der Waals surface area contributed by atoms with Gasteiger partial charge in [-0.15, -0.1) is 0 Å². The maximum Gasteiger partial charge on any atom is 0.0239 e. The molecule has 3 rings (SSSR count). The van der Waals surface area contributed by atoms with Crippen molar-refractivity contribution in [2.75, 3.05) is 19.6 Å². The SMILES string of the molecule is CCc1ccccc1CN1CC2CNCC2C1CC. The lowest BCUT2D eigenvalue weighted by molar-refractivity contribution is 0.210. The molecule has 1 aromatic carbocycles. The number of fused-ring (bicyclic) bond motifs is 1.